The van der Waals surface area contributed by atoms with Gasteiger partial charge in [0.25, 0.3) is 5.91 Å². The molecule has 2 bridgehead atoms. The monoisotopic (exact) mass is 435 g/mol. The average molecular weight is 436 g/mol. The molecule has 7 heteroatoms. The van der Waals surface area contributed by atoms with E-state index in [1.807, 2.05) is 24.1 Å². The molecule has 2 unspecified atom stereocenters. The largest absolute Gasteiger partial charge is 0.381 e. The van der Waals surface area contributed by atoms with Crippen molar-refractivity contribution in [3.63, 3.8) is 0 Å². The molecular weight excluding hydrogens is 402 g/mol. The molecule has 1 saturated heterocycles. The standard InChI is InChI=1S/C23H33N3O3.ClH/c1-26(20-9-11-29-12-10-20)23(28)15-5-7-19(8-6-15)25-22(27)18-13-16-3-2-4-17(14-18)21(16)24;/h5-8,16-18,20-21H,2-4,9-14,24H2,1H3,(H,25,27);1H. The van der Waals surface area contributed by atoms with E-state index in [4.69, 9.17) is 10.5 Å². The van der Waals surface area contributed by atoms with E-state index in [0.717, 1.165) is 44.2 Å². The summed E-state index contributed by atoms with van der Waals surface area (Å²) >= 11 is 0. The number of nitrogens with zero attached hydrogens (tertiary/aromatic N) is 1. The number of halogens is 1. The van der Waals surface area contributed by atoms with E-state index in [2.05, 4.69) is 5.32 Å². The van der Waals surface area contributed by atoms with Gasteiger partial charge in [0.2, 0.25) is 5.91 Å². The van der Waals surface area contributed by atoms with Gasteiger partial charge in [0.1, 0.15) is 0 Å². The van der Waals surface area contributed by atoms with Gasteiger partial charge >= 0.3 is 0 Å². The van der Waals surface area contributed by atoms with Crippen molar-refractivity contribution in [3.8, 4) is 0 Å². The van der Waals surface area contributed by atoms with E-state index in [9.17, 15) is 9.59 Å². The molecule has 2 amide bonds. The fraction of sp³-hybridized carbons (Fsp3) is 0.652. The number of fused-ring (bicyclic) bond motifs is 2. The van der Waals surface area contributed by atoms with Crippen LogP contribution in [0.15, 0.2) is 24.3 Å². The van der Waals surface area contributed by atoms with Gasteiger partial charge in [0, 0.05) is 49.5 Å². The Balaban J connectivity index is 0.00000256. The van der Waals surface area contributed by atoms with Crippen LogP contribution < -0.4 is 11.1 Å². The number of hydrogen-bond donors (Lipinski definition) is 2. The third-order valence-corrected chi connectivity index (χ3v) is 7.24. The predicted molar refractivity (Wildman–Crippen MR) is 120 cm³/mol. The summed E-state index contributed by atoms with van der Waals surface area (Å²) in [5.74, 6) is 1.13. The Morgan fingerprint density at radius 1 is 1.03 bits per heavy atom. The Hall–Kier alpha value is -1.63. The van der Waals surface area contributed by atoms with Crippen LogP contribution in [0.2, 0.25) is 0 Å². The number of hydrogen-bond acceptors (Lipinski definition) is 4. The molecule has 3 fully saturated rings. The van der Waals surface area contributed by atoms with Crippen LogP contribution in [0.4, 0.5) is 5.69 Å². The number of nitrogens with two attached hydrogens (primary N) is 1. The van der Waals surface area contributed by atoms with Gasteiger partial charge in [-0.15, -0.1) is 12.4 Å². The summed E-state index contributed by atoms with van der Waals surface area (Å²) in [7, 11) is 1.86. The molecule has 0 spiro atoms. The summed E-state index contributed by atoms with van der Waals surface area (Å²) in [5.41, 5.74) is 7.75. The van der Waals surface area contributed by atoms with Crippen LogP contribution in [0.25, 0.3) is 0 Å². The highest BCUT2D eigenvalue weighted by Crippen LogP contribution is 2.42. The molecule has 4 rings (SSSR count). The second kappa shape index (κ2) is 10.1. The number of amides is 2. The zero-order valence-corrected chi connectivity index (χ0v) is 18.5. The van der Waals surface area contributed by atoms with E-state index in [-0.39, 0.29) is 42.2 Å². The van der Waals surface area contributed by atoms with Crippen molar-refractivity contribution in [1.29, 1.82) is 0 Å². The molecule has 3 aliphatic rings. The van der Waals surface area contributed by atoms with Gasteiger partial charge in [-0.2, -0.15) is 0 Å². The Morgan fingerprint density at radius 2 is 1.63 bits per heavy atom. The highest BCUT2D eigenvalue weighted by Gasteiger charge is 2.40. The van der Waals surface area contributed by atoms with Gasteiger partial charge in [0.15, 0.2) is 0 Å². The molecule has 166 valence electrons. The number of carbonyl (C=O) groups is 2. The van der Waals surface area contributed by atoms with Crippen molar-refractivity contribution in [2.75, 3.05) is 25.6 Å². The minimum atomic E-state index is 0. The lowest BCUT2D eigenvalue weighted by Crippen LogP contribution is -2.48. The molecule has 1 aliphatic heterocycles. The number of carbonyl (C=O) groups excluding carboxylic acids is 2. The molecule has 1 aromatic carbocycles. The molecule has 2 aliphatic carbocycles. The molecule has 6 nitrogen and oxygen atoms in total. The lowest BCUT2D eigenvalue weighted by Gasteiger charge is -2.43. The summed E-state index contributed by atoms with van der Waals surface area (Å²) in [6.45, 7) is 1.42. The highest BCUT2D eigenvalue weighted by molar-refractivity contribution is 5.96. The Labute approximate surface area is 185 Å². The van der Waals surface area contributed by atoms with E-state index in [1.165, 1.54) is 6.42 Å². The first-order valence-electron chi connectivity index (χ1n) is 11.0. The SMILES string of the molecule is CN(C(=O)c1ccc(NC(=O)C2CC3CCCC(C2)C3N)cc1)C1CCOCC1.Cl. The van der Waals surface area contributed by atoms with Crippen molar-refractivity contribution in [2.24, 2.45) is 23.5 Å². The first kappa shape index (κ1) is 23.0. The Morgan fingerprint density at radius 3 is 2.23 bits per heavy atom. The lowest BCUT2D eigenvalue weighted by atomic mass is 9.65. The quantitative estimate of drug-likeness (QED) is 0.758. The summed E-state index contributed by atoms with van der Waals surface area (Å²) in [6.07, 6.45) is 7.10. The van der Waals surface area contributed by atoms with E-state index in [0.29, 0.717) is 30.6 Å². The fourth-order valence-corrected chi connectivity index (χ4v) is 5.39. The summed E-state index contributed by atoms with van der Waals surface area (Å²) in [5, 5.41) is 3.05. The molecule has 2 atom stereocenters. The Kier molecular flexibility index (Phi) is 7.77. The van der Waals surface area contributed by atoms with Gasteiger partial charge in [-0.25, -0.2) is 0 Å². The second-order valence-corrected chi connectivity index (χ2v) is 9.02. The summed E-state index contributed by atoms with van der Waals surface area (Å²) < 4.78 is 5.38. The topological polar surface area (TPSA) is 84.7 Å². The van der Waals surface area contributed by atoms with Gasteiger partial charge in [-0.1, -0.05) is 6.42 Å². The van der Waals surface area contributed by atoms with E-state index < -0.39 is 0 Å². The number of rotatable bonds is 4. The molecule has 2 saturated carbocycles. The highest BCUT2D eigenvalue weighted by atomic mass is 35.5. The van der Waals surface area contributed by atoms with Gasteiger partial charge in [-0.3, -0.25) is 9.59 Å². The van der Waals surface area contributed by atoms with Crippen molar-refractivity contribution in [3.05, 3.63) is 29.8 Å². The minimum Gasteiger partial charge on any atom is -0.381 e. The lowest BCUT2D eigenvalue weighted by molar-refractivity contribution is -0.122. The smallest absolute Gasteiger partial charge is 0.253 e. The zero-order chi connectivity index (χ0) is 20.4. The zero-order valence-electron chi connectivity index (χ0n) is 17.7. The molecule has 30 heavy (non-hydrogen) atoms. The predicted octanol–water partition coefficient (Wildman–Crippen LogP) is 3.45. The third kappa shape index (κ3) is 4.98. The van der Waals surface area contributed by atoms with Crippen LogP contribution >= 0.6 is 12.4 Å². The average Bonchev–Trinajstić information content (AvgIpc) is 2.73. The molecule has 0 aromatic heterocycles. The van der Waals surface area contributed by atoms with Crippen molar-refractivity contribution >= 4 is 29.9 Å². The van der Waals surface area contributed by atoms with Crippen LogP contribution in [-0.4, -0.2) is 49.1 Å². The van der Waals surface area contributed by atoms with Gasteiger partial charge in [0.05, 0.1) is 0 Å². The normalized spacial score (nSPS) is 28.9. The first-order chi connectivity index (χ1) is 14.0. The number of anilines is 1. The first-order valence-corrected chi connectivity index (χ1v) is 11.0. The van der Waals surface area contributed by atoms with Crippen LogP contribution in [0.1, 0.15) is 55.3 Å². The van der Waals surface area contributed by atoms with Crippen molar-refractivity contribution in [2.45, 2.75) is 57.0 Å². The second-order valence-electron chi connectivity index (χ2n) is 9.02. The maximum absolute atomic E-state index is 12.8. The molecule has 0 radical (unpaired) electrons. The molecule has 3 N–H and O–H groups in total. The number of benzene rings is 1. The fourth-order valence-electron chi connectivity index (χ4n) is 5.39. The van der Waals surface area contributed by atoms with Crippen LogP contribution in [-0.2, 0) is 9.53 Å². The maximum atomic E-state index is 12.8. The summed E-state index contributed by atoms with van der Waals surface area (Å²) in [4.78, 5) is 27.4. The maximum Gasteiger partial charge on any atom is 0.253 e. The number of ether oxygens (including phenoxy) is 1. The van der Waals surface area contributed by atoms with Crippen LogP contribution in [0, 0.1) is 17.8 Å². The molecular formula is C23H34ClN3O3. The number of nitrogens with one attached hydrogen (secondary N) is 1. The van der Waals surface area contributed by atoms with Crippen molar-refractivity contribution < 1.29 is 14.3 Å². The van der Waals surface area contributed by atoms with Gasteiger partial charge in [-0.05, 0) is 74.6 Å². The Bertz CT molecular complexity index is 722. The van der Waals surface area contributed by atoms with Crippen molar-refractivity contribution in [1.82, 2.24) is 4.90 Å². The molecule has 1 heterocycles. The molecule has 1 aromatic rings. The third-order valence-electron chi connectivity index (χ3n) is 7.24. The van der Waals surface area contributed by atoms with Crippen LogP contribution in [0.3, 0.4) is 0 Å². The van der Waals surface area contributed by atoms with Gasteiger partial charge < -0.3 is 20.7 Å². The minimum absolute atomic E-state index is 0. The van der Waals surface area contributed by atoms with Crippen LogP contribution in [0.5, 0.6) is 0 Å². The summed E-state index contributed by atoms with van der Waals surface area (Å²) in [6, 6.07) is 7.77. The van der Waals surface area contributed by atoms with E-state index >= 15 is 0 Å². The van der Waals surface area contributed by atoms with E-state index in [1.54, 1.807) is 12.1 Å².